The summed E-state index contributed by atoms with van der Waals surface area (Å²) in [5, 5.41) is 3.26. The van der Waals surface area contributed by atoms with E-state index < -0.39 is 0 Å². The number of hydrogen-bond acceptors (Lipinski definition) is 3. The van der Waals surface area contributed by atoms with Crippen LogP contribution in [0.25, 0.3) is 0 Å². The summed E-state index contributed by atoms with van der Waals surface area (Å²) in [4.78, 5) is 4.21. The fraction of sp³-hybridized carbons (Fsp3) is 0.500. The maximum absolute atomic E-state index is 4.21. The van der Waals surface area contributed by atoms with Crippen LogP contribution >= 0.6 is 11.8 Å². The average molecular weight is 198 g/mol. The van der Waals surface area contributed by atoms with E-state index in [4.69, 9.17) is 0 Å². The van der Waals surface area contributed by atoms with Gasteiger partial charge < -0.3 is 5.32 Å². The molecular formula is C10H18N2S. The molecule has 3 heteroatoms. The van der Waals surface area contributed by atoms with Crippen LogP contribution in [0.2, 0.25) is 0 Å². The number of aliphatic imine (C=N–C) groups is 1. The van der Waals surface area contributed by atoms with E-state index in [1.165, 1.54) is 0 Å². The van der Waals surface area contributed by atoms with Gasteiger partial charge in [-0.2, -0.15) is 11.8 Å². The van der Waals surface area contributed by atoms with Gasteiger partial charge in [0.25, 0.3) is 0 Å². The van der Waals surface area contributed by atoms with Gasteiger partial charge in [0.15, 0.2) is 0 Å². The van der Waals surface area contributed by atoms with Crippen molar-refractivity contribution in [2.24, 2.45) is 4.99 Å². The zero-order chi connectivity index (χ0) is 9.94. The van der Waals surface area contributed by atoms with Gasteiger partial charge in [-0.25, -0.2) is 0 Å². The Morgan fingerprint density at radius 1 is 1.62 bits per heavy atom. The van der Waals surface area contributed by atoms with Crippen LogP contribution in [0.15, 0.2) is 29.4 Å². The first-order chi connectivity index (χ1) is 6.31. The van der Waals surface area contributed by atoms with Gasteiger partial charge in [0, 0.05) is 30.8 Å². The van der Waals surface area contributed by atoms with Crippen molar-refractivity contribution >= 4 is 18.0 Å². The van der Waals surface area contributed by atoms with E-state index in [1.54, 1.807) is 6.08 Å². The molecule has 0 rings (SSSR count). The van der Waals surface area contributed by atoms with Crippen LogP contribution in [0.4, 0.5) is 0 Å². The lowest BCUT2D eigenvalue weighted by atomic mass is 10.4. The lowest BCUT2D eigenvalue weighted by molar-refractivity contribution is 0.831. The molecule has 0 spiro atoms. The Balaban J connectivity index is 3.40. The minimum atomic E-state index is 0.836. The molecule has 0 saturated carbocycles. The van der Waals surface area contributed by atoms with Crippen LogP contribution in [-0.4, -0.2) is 31.3 Å². The van der Waals surface area contributed by atoms with Gasteiger partial charge in [0.05, 0.1) is 0 Å². The lowest BCUT2D eigenvalue weighted by Crippen LogP contribution is -2.19. The van der Waals surface area contributed by atoms with Crippen LogP contribution in [0, 0.1) is 0 Å². The van der Waals surface area contributed by atoms with Crippen molar-refractivity contribution in [1.82, 2.24) is 5.32 Å². The van der Waals surface area contributed by atoms with Crippen LogP contribution in [0.5, 0.6) is 0 Å². The van der Waals surface area contributed by atoms with E-state index in [0.717, 1.165) is 24.5 Å². The largest absolute Gasteiger partial charge is 0.311 e. The summed E-state index contributed by atoms with van der Waals surface area (Å²) in [6.07, 6.45) is 7.62. The van der Waals surface area contributed by atoms with Gasteiger partial charge in [0.1, 0.15) is 0 Å². The van der Waals surface area contributed by atoms with Gasteiger partial charge in [0.2, 0.25) is 0 Å². The molecule has 1 N–H and O–H groups in total. The van der Waals surface area contributed by atoms with Gasteiger partial charge >= 0.3 is 0 Å². The molecule has 2 nitrogen and oxygen atoms in total. The molecule has 0 aliphatic rings. The third kappa shape index (κ3) is 9.37. The highest BCUT2D eigenvalue weighted by Crippen LogP contribution is 1.91. The molecule has 0 saturated heterocycles. The number of nitrogens with one attached hydrogen (secondary N) is 1. The molecule has 0 aromatic heterocycles. The van der Waals surface area contributed by atoms with E-state index in [-0.39, 0.29) is 0 Å². The molecule has 0 aliphatic heterocycles. The maximum Gasteiger partial charge on any atom is 0.0369 e. The molecule has 0 unspecified atom stereocenters. The summed E-state index contributed by atoms with van der Waals surface area (Å²) in [5.41, 5.74) is 0.988. The van der Waals surface area contributed by atoms with Crippen LogP contribution in [0.3, 0.4) is 0 Å². The molecule has 13 heavy (non-hydrogen) atoms. The number of allylic oxidation sites excluding steroid dienone is 3. The first kappa shape index (κ1) is 12.5. The van der Waals surface area contributed by atoms with E-state index in [0.29, 0.717) is 0 Å². The second-order valence-corrected chi connectivity index (χ2v) is 3.54. The number of nitrogens with zero attached hydrogens (tertiary/aromatic N) is 1. The second kappa shape index (κ2) is 9.55. The summed E-state index contributed by atoms with van der Waals surface area (Å²) in [5.74, 6) is 1.15. The SMILES string of the molecule is C=C/C=C(/C)N=CCNCCSC. The molecule has 0 atom stereocenters. The summed E-state index contributed by atoms with van der Waals surface area (Å²) >= 11 is 1.84. The Morgan fingerprint density at radius 3 is 3.00 bits per heavy atom. The highest BCUT2D eigenvalue weighted by molar-refractivity contribution is 7.98. The minimum Gasteiger partial charge on any atom is -0.311 e. The summed E-state index contributed by atoms with van der Waals surface area (Å²) < 4.78 is 0. The monoisotopic (exact) mass is 198 g/mol. The molecule has 0 amide bonds. The topological polar surface area (TPSA) is 24.4 Å². The van der Waals surface area contributed by atoms with E-state index in [1.807, 2.05) is 31.0 Å². The molecule has 0 aliphatic carbocycles. The van der Waals surface area contributed by atoms with Crippen LogP contribution < -0.4 is 5.32 Å². The fourth-order valence-electron chi connectivity index (χ4n) is 0.744. The molecule has 0 fully saturated rings. The fourth-order valence-corrected chi connectivity index (χ4v) is 1.09. The third-order valence-electron chi connectivity index (χ3n) is 1.37. The number of thioether (sulfide) groups is 1. The first-order valence-electron chi connectivity index (χ1n) is 4.32. The normalized spacial score (nSPS) is 12.3. The smallest absolute Gasteiger partial charge is 0.0369 e. The van der Waals surface area contributed by atoms with Gasteiger partial charge in [-0.1, -0.05) is 12.7 Å². The molecule has 0 radical (unpaired) electrons. The molecule has 0 bridgehead atoms. The summed E-state index contributed by atoms with van der Waals surface area (Å²) in [6.45, 7) is 7.43. The van der Waals surface area contributed by atoms with Gasteiger partial charge in [-0.3, -0.25) is 4.99 Å². The van der Waals surface area contributed by atoms with Crippen LogP contribution in [-0.2, 0) is 0 Å². The van der Waals surface area contributed by atoms with Crippen LogP contribution in [0.1, 0.15) is 6.92 Å². The van der Waals surface area contributed by atoms with E-state index in [9.17, 15) is 0 Å². The Labute approximate surface area is 85.2 Å². The maximum atomic E-state index is 4.21. The predicted octanol–water partition coefficient (Wildman–Crippen LogP) is 2.10. The number of hydrogen-bond donors (Lipinski definition) is 1. The van der Waals surface area contributed by atoms with Crippen molar-refractivity contribution in [3.8, 4) is 0 Å². The van der Waals surface area contributed by atoms with Crippen molar-refractivity contribution < 1.29 is 0 Å². The van der Waals surface area contributed by atoms with Crippen molar-refractivity contribution in [2.75, 3.05) is 25.1 Å². The molecule has 0 heterocycles. The minimum absolute atomic E-state index is 0.836. The van der Waals surface area contributed by atoms with Gasteiger partial charge in [-0.15, -0.1) is 0 Å². The van der Waals surface area contributed by atoms with E-state index in [2.05, 4.69) is 23.1 Å². The summed E-state index contributed by atoms with van der Waals surface area (Å²) in [6, 6.07) is 0. The van der Waals surface area contributed by atoms with Gasteiger partial charge in [-0.05, 0) is 19.3 Å². The molecule has 74 valence electrons. The van der Waals surface area contributed by atoms with E-state index >= 15 is 0 Å². The molecule has 0 aromatic carbocycles. The third-order valence-corrected chi connectivity index (χ3v) is 1.98. The Hall–Kier alpha value is -0.540. The van der Waals surface area contributed by atoms with Crippen molar-refractivity contribution in [2.45, 2.75) is 6.92 Å². The second-order valence-electron chi connectivity index (χ2n) is 2.55. The zero-order valence-corrected chi connectivity index (χ0v) is 9.23. The van der Waals surface area contributed by atoms with Crippen molar-refractivity contribution in [3.63, 3.8) is 0 Å². The lowest BCUT2D eigenvalue weighted by Gasteiger charge is -1.97. The Kier molecular flexibility index (Phi) is 9.15. The highest BCUT2D eigenvalue weighted by Gasteiger charge is 1.82. The van der Waals surface area contributed by atoms with Crippen molar-refractivity contribution in [1.29, 1.82) is 0 Å². The first-order valence-corrected chi connectivity index (χ1v) is 5.72. The predicted molar refractivity (Wildman–Crippen MR) is 63.7 cm³/mol. The quantitative estimate of drug-likeness (QED) is 0.385. The highest BCUT2D eigenvalue weighted by atomic mass is 32.2. The zero-order valence-electron chi connectivity index (χ0n) is 8.42. The standard InChI is InChI=1S/C10H18N2S/c1-4-5-10(2)12-7-6-11-8-9-13-3/h4-5,7,11H,1,6,8-9H2,2-3H3/b10-5-,12-7?. The average Bonchev–Trinajstić information content (AvgIpc) is 2.11. The molecule has 0 aromatic rings. The Morgan fingerprint density at radius 2 is 2.38 bits per heavy atom. The number of rotatable bonds is 7. The summed E-state index contributed by atoms with van der Waals surface area (Å²) in [7, 11) is 0. The Bertz CT molecular complexity index is 185. The molecular weight excluding hydrogens is 180 g/mol. The van der Waals surface area contributed by atoms with Crippen molar-refractivity contribution in [3.05, 3.63) is 24.4 Å².